The van der Waals surface area contributed by atoms with Gasteiger partial charge >= 0.3 is 0 Å². The number of thiophene rings is 1. The van der Waals surface area contributed by atoms with Crippen LogP contribution in [0.4, 0.5) is 0 Å². The Kier molecular flexibility index (Phi) is 5.38. The van der Waals surface area contributed by atoms with Crippen molar-refractivity contribution >= 4 is 37.3 Å². The van der Waals surface area contributed by atoms with E-state index in [-0.39, 0.29) is 11.0 Å². The molecule has 2 rings (SSSR count). The average Bonchev–Trinajstić information content (AvgIpc) is 2.80. The van der Waals surface area contributed by atoms with E-state index in [2.05, 4.69) is 20.7 Å². The van der Waals surface area contributed by atoms with Gasteiger partial charge in [-0.3, -0.25) is 0 Å². The Morgan fingerprint density at radius 1 is 1.53 bits per heavy atom. The zero-order chi connectivity index (χ0) is 13.9. The summed E-state index contributed by atoms with van der Waals surface area (Å²) in [6.07, 6.45) is 3.03. The zero-order valence-corrected chi connectivity index (χ0v) is 13.6. The van der Waals surface area contributed by atoms with Crippen LogP contribution in [-0.2, 0) is 21.3 Å². The zero-order valence-electron chi connectivity index (χ0n) is 10.4. The number of nitrogens with one attached hydrogen (secondary N) is 1. The van der Waals surface area contributed by atoms with E-state index >= 15 is 0 Å². The fraction of sp³-hybridized carbons (Fsp3) is 0.636. The Morgan fingerprint density at radius 2 is 2.32 bits per heavy atom. The van der Waals surface area contributed by atoms with Gasteiger partial charge in [-0.15, -0.1) is 11.3 Å². The first-order valence-electron chi connectivity index (χ1n) is 6.12. The minimum Gasteiger partial charge on any atom is -0.377 e. The molecule has 0 aromatic carbocycles. The maximum atomic E-state index is 12.2. The van der Waals surface area contributed by atoms with Crippen LogP contribution in [0.25, 0.3) is 0 Å². The van der Waals surface area contributed by atoms with Gasteiger partial charge in [-0.2, -0.15) is 0 Å². The van der Waals surface area contributed by atoms with E-state index in [0.29, 0.717) is 23.5 Å². The lowest BCUT2D eigenvalue weighted by molar-refractivity contribution is 0.0200. The highest BCUT2D eigenvalue weighted by molar-refractivity contribution is 9.11. The third-order valence-electron chi connectivity index (χ3n) is 2.97. The summed E-state index contributed by atoms with van der Waals surface area (Å²) in [6, 6.07) is 1.61. The number of rotatable bonds is 5. The molecule has 0 radical (unpaired) electrons. The second kappa shape index (κ2) is 6.64. The lowest BCUT2D eigenvalue weighted by Gasteiger charge is -2.22. The number of hydrogen-bond donors (Lipinski definition) is 2. The SMILES string of the molecule is NCc1cc(S(=O)(=O)NCC2CCCCO2)c(Br)s1. The molecule has 1 saturated heterocycles. The van der Waals surface area contributed by atoms with Crippen molar-refractivity contribution in [1.82, 2.24) is 4.72 Å². The molecule has 1 unspecified atom stereocenters. The van der Waals surface area contributed by atoms with Crippen LogP contribution in [0, 0.1) is 0 Å². The summed E-state index contributed by atoms with van der Waals surface area (Å²) in [5.74, 6) is 0. The molecule has 1 aliphatic heterocycles. The first kappa shape index (κ1) is 15.4. The van der Waals surface area contributed by atoms with E-state index in [9.17, 15) is 8.42 Å². The van der Waals surface area contributed by atoms with Gasteiger partial charge in [0, 0.05) is 24.6 Å². The highest BCUT2D eigenvalue weighted by Gasteiger charge is 2.23. The van der Waals surface area contributed by atoms with E-state index < -0.39 is 10.0 Å². The fourth-order valence-electron chi connectivity index (χ4n) is 1.93. The third kappa shape index (κ3) is 3.99. The molecule has 0 aliphatic carbocycles. The lowest BCUT2D eigenvalue weighted by atomic mass is 10.1. The summed E-state index contributed by atoms with van der Waals surface area (Å²) in [7, 11) is -3.50. The molecule has 0 amide bonds. The smallest absolute Gasteiger partial charge is 0.242 e. The summed E-state index contributed by atoms with van der Waals surface area (Å²) < 4.78 is 33.1. The molecule has 108 valence electrons. The van der Waals surface area contributed by atoms with Crippen molar-refractivity contribution in [2.45, 2.75) is 36.8 Å². The van der Waals surface area contributed by atoms with Crippen LogP contribution in [0.3, 0.4) is 0 Å². The second-order valence-electron chi connectivity index (χ2n) is 4.40. The van der Waals surface area contributed by atoms with Crippen molar-refractivity contribution in [2.24, 2.45) is 5.73 Å². The standard InChI is InChI=1S/C11H17BrN2O3S2/c12-11-10(5-9(6-13)18-11)19(15,16)14-7-8-3-1-2-4-17-8/h5,8,14H,1-4,6-7,13H2. The van der Waals surface area contributed by atoms with Gasteiger partial charge in [0.15, 0.2) is 0 Å². The number of ether oxygens (including phenoxy) is 1. The Hall–Kier alpha value is 0.01000. The maximum absolute atomic E-state index is 12.2. The van der Waals surface area contributed by atoms with Crippen LogP contribution in [0.15, 0.2) is 14.7 Å². The highest BCUT2D eigenvalue weighted by Crippen LogP contribution is 2.31. The maximum Gasteiger partial charge on any atom is 0.242 e. The van der Waals surface area contributed by atoms with Crippen molar-refractivity contribution in [3.63, 3.8) is 0 Å². The van der Waals surface area contributed by atoms with Crippen molar-refractivity contribution in [1.29, 1.82) is 0 Å². The molecule has 1 atom stereocenters. The van der Waals surface area contributed by atoms with Gasteiger partial charge in [-0.1, -0.05) is 0 Å². The number of hydrogen-bond acceptors (Lipinski definition) is 5. The van der Waals surface area contributed by atoms with Gasteiger partial charge in [0.25, 0.3) is 0 Å². The van der Waals surface area contributed by atoms with E-state index in [1.807, 2.05) is 0 Å². The van der Waals surface area contributed by atoms with Gasteiger partial charge in [0.1, 0.15) is 4.90 Å². The summed E-state index contributed by atoms with van der Waals surface area (Å²) >= 11 is 4.62. The van der Waals surface area contributed by atoms with E-state index in [0.717, 1.165) is 24.1 Å². The molecule has 19 heavy (non-hydrogen) atoms. The molecule has 1 aromatic rings. The normalized spacial score (nSPS) is 20.6. The molecule has 1 fully saturated rings. The topological polar surface area (TPSA) is 81.4 Å². The summed E-state index contributed by atoms with van der Waals surface area (Å²) in [4.78, 5) is 1.09. The van der Waals surface area contributed by atoms with Gasteiger partial charge in [-0.25, -0.2) is 13.1 Å². The van der Waals surface area contributed by atoms with Gasteiger partial charge < -0.3 is 10.5 Å². The predicted octanol–water partition coefficient (Wildman–Crippen LogP) is 1.82. The van der Waals surface area contributed by atoms with Crippen LogP contribution in [-0.4, -0.2) is 27.7 Å². The molecular formula is C11H17BrN2O3S2. The Bertz CT molecular complexity index is 524. The number of halogens is 1. The summed E-state index contributed by atoms with van der Waals surface area (Å²) in [5, 5.41) is 0. The minimum atomic E-state index is -3.50. The van der Waals surface area contributed by atoms with Crippen molar-refractivity contribution < 1.29 is 13.2 Å². The molecule has 1 aliphatic rings. The van der Waals surface area contributed by atoms with E-state index in [1.165, 1.54) is 11.3 Å². The van der Waals surface area contributed by atoms with Crippen LogP contribution < -0.4 is 10.5 Å². The summed E-state index contributed by atoms with van der Waals surface area (Å²) in [5.41, 5.74) is 5.52. The number of nitrogens with two attached hydrogens (primary N) is 1. The molecule has 0 bridgehead atoms. The molecule has 2 heterocycles. The fourth-order valence-corrected chi connectivity index (χ4v) is 5.56. The highest BCUT2D eigenvalue weighted by atomic mass is 79.9. The largest absolute Gasteiger partial charge is 0.377 e. The van der Waals surface area contributed by atoms with Crippen LogP contribution >= 0.6 is 27.3 Å². The Morgan fingerprint density at radius 3 is 2.89 bits per heavy atom. The van der Waals surface area contributed by atoms with Crippen LogP contribution in [0.1, 0.15) is 24.1 Å². The molecular weight excluding hydrogens is 352 g/mol. The summed E-state index contributed by atoms with van der Waals surface area (Å²) in [6.45, 7) is 1.37. The lowest BCUT2D eigenvalue weighted by Crippen LogP contribution is -2.35. The van der Waals surface area contributed by atoms with E-state index in [4.69, 9.17) is 10.5 Å². The molecule has 3 N–H and O–H groups in total. The Labute approximate surface area is 125 Å². The first-order valence-corrected chi connectivity index (χ1v) is 9.22. The van der Waals surface area contributed by atoms with Gasteiger partial charge in [0.2, 0.25) is 10.0 Å². The van der Waals surface area contributed by atoms with Crippen molar-refractivity contribution in [2.75, 3.05) is 13.2 Å². The van der Waals surface area contributed by atoms with Crippen LogP contribution in [0.5, 0.6) is 0 Å². The van der Waals surface area contributed by atoms with E-state index in [1.54, 1.807) is 6.07 Å². The monoisotopic (exact) mass is 368 g/mol. The van der Waals surface area contributed by atoms with Gasteiger partial charge in [0.05, 0.1) is 9.89 Å². The molecule has 0 saturated carbocycles. The van der Waals surface area contributed by atoms with Crippen molar-refractivity contribution in [3.8, 4) is 0 Å². The Balaban J connectivity index is 2.02. The third-order valence-corrected chi connectivity index (χ3v) is 6.67. The number of sulfonamides is 1. The van der Waals surface area contributed by atoms with Gasteiger partial charge in [-0.05, 0) is 41.3 Å². The van der Waals surface area contributed by atoms with Crippen molar-refractivity contribution in [3.05, 3.63) is 14.7 Å². The second-order valence-corrected chi connectivity index (χ2v) is 8.59. The molecule has 8 heteroatoms. The molecule has 5 nitrogen and oxygen atoms in total. The molecule has 0 spiro atoms. The quantitative estimate of drug-likeness (QED) is 0.830. The average molecular weight is 369 g/mol. The minimum absolute atomic E-state index is 0.0186. The molecule has 1 aromatic heterocycles. The van der Waals surface area contributed by atoms with Crippen LogP contribution in [0.2, 0.25) is 0 Å². The first-order chi connectivity index (χ1) is 9.03. The predicted molar refractivity (Wildman–Crippen MR) is 78.7 cm³/mol.